The Bertz CT molecular complexity index is 514. The highest BCUT2D eigenvalue weighted by Gasteiger charge is 2.06. The average Bonchev–Trinajstić information content (AvgIpc) is 2.35. The molecule has 0 aliphatic rings. The molecule has 1 aromatic carbocycles. The Morgan fingerprint density at radius 3 is 2.65 bits per heavy atom. The molecule has 0 unspecified atom stereocenters. The fourth-order valence-electron chi connectivity index (χ4n) is 1.29. The van der Waals surface area contributed by atoms with Crippen molar-refractivity contribution in [3.8, 4) is 11.8 Å². The van der Waals surface area contributed by atoms with Crippen LogP contribution in [0.15, 0.2) is 30.6 Å². The van der Waals surface area contributed by atoms with Crippen molar-refractivity contribution < 1.29 is 9.13 Å². The van der Waals surface area contributed by atoms with Crippen LogP contribution >= 0.6 is 0 Å². The van der Waals surface area contributed by atoms with Gasteiger partial charge in [0.25, 0.3) is 0 Å². The molecule has 2 N–H and O–H groups in total. The van der Waals surface area contributed by atoms with Crippen molar-refractivity contribution in [1.82, 2.24) is 9.97 Å². The minimum atomic E-state index is -0.442. The van der Waals surface area contributed by atoms with Gasteiger partial charge in [-0.1, -0.05) is 6.07 Å². The molecule has 17 heavy (non-hydrogen) atoms. The molecule has 0 fully saturated rings. The molecule has 0 radical (unpaired) electrons. The number of nitrogens with zero attached hydrogens (tertiary/aromatic N) is 2. The van der Waals surface area contributed by atoms with Crippen LogP contribution in [0, 0.1) is 12.7 Å². The SMILES string of the molecule is Cc1ccc(F)c(Oc2ncc(CN)cn2)c1. The lowest BCUT2D eigenvalue weighted by atomic mass is 10.2. The zero-order valence-electron chi connectivity index (χ0n) is 9.35. The maximum Gasteiger partial charge on any atom is 0.321 e. The second kappa shape index (κ2) is 4.88. The third kappa shape index (κ3) is 2.76. The molecule has 1 aromatic heterocycles. The van der Waals surface area contributed by atoms with E-state index < -0.39 is 5.82 Å². The van der Waals surface area contributed by atoms with Gasteiger partial charge in [0.05, 0.1) is 0 Å². The van der Waals surface area contributed by atoms with E-state index in [0.717, 1.165) is 11.1 Å². The largest absolute Gasteiger partial charge is 0.421 e. The maximum absolute atomic E-state index is 13.4. The first-order valence-corrected chi connectivity index (χ1v) is 5.14. The lowest BCUT2D eigenvalue weighted by molar-refractivity contribution is 0.410. The smallest absolute Gasteiger partial charge is 0.321 e. The number of halogens is 1. The van der Waals surface area contributed by atoms with Crippen molar-refractivity contribution in [1.29, 1.82) is 0 Å². The maximum atomic E-state index is 13.4. The summed E-state index contributed by atoms with van der Waals surface area (Å²) in [5, 5.41) is 0. The van der Waals surface area contributed by atoms with Gasteiger partial charge in [-0.2, -0.15) is 0 Å². The molecular weight excluding hydrogens is 221 g/mol. The minimum absolute atomic E-state index is 0.103. The monoisotopic (exact) mass is 233 g/mol. The van der Waals surface area contributed by atoms with Crippen molar-refractivity contribution in [3.63, 3.8) is 0 Å². The number of nitrogens with two attached hydrogens (primary N) is 1. The second-order valence-electron chi connectivity index (χ2n) is 3.61. The van der Waals surface area contributed by atoms with E-state index >= 15 is 0 Å². The average molecular weight is 233 g/mol. The van der Waals surface area contributed by atoms with Gasteiger partial charge in [-0.3, -0.25) is 0 Å². The molecule has 0 aliphatic carbocycles. The first-order chi connectivity index (χ1) is 8.19. The molecule has 1 heterocycles. The highest BCUT2D eigenvalue weighted by molar-refractivity contribution is 5.31. The molecule has 0 saturated heterocycles. The Labute approximate surface area is 98.3 Å². The van der Waals surface area contributed by atoms with Gasteiger partial charge < -0.3 is 10.5 Å². The number of benzene rings is 1. The lowest BCUT2D eigenvalue weighted by Crippen LogP contribution is -2.00. The van der Waals surface area contributed by atoms with Crippen LogP contribution < -0.4 is 10.5 Å². The van der Waals surface area contributed by atoms with Crippen LogP contribution in [0.25, 0.3) is 0 Å². The molecule has 88 valence electrons. The van der Waals surface area contributed by atoms with Crippen LogP contribution in [-0.2, 0) is 6.54 Å². The molecule has 0 atom stereocenters. The van der Waals surface area contributed by atoms with E-state index in [1.165, 1.54) is 6.07 Å². The van der Waals surface area contributed by atoms with Crippen LogP contribution in [0.4, 0.5) is 4.39 Å². The molecule has 0 spiro atoms. The van der Waals surface area contributed by atoms with Gasteiger partial charge in [-0.15, -0.1) is 0 Å². The summed E-state index contributed by atoms with van der Waals surface area (Å²) in [6.45, 7) is 2.21. The van der Waals surface area contributed by atoms with Gasteiger partial charge in [-0.05, 0) is 24.6 Å². The number of aryl methyl sites for hydroxylation is 1. The Kier molecular flexibility index (Phi) is 3.30. The molecule has 4 nitrogen and oxygen atoms in total. The number of hydrogen-bond donors (Lipinski definition) is 1. The van der Waals surface area contributed by atoms with Crippen LogP contribution in [-0.4, -0.2) is 9.97 Å². The topological polar surface area (TPSA) is 61.0 Å². The summed E-state index contributed by atoms with van der Waals surface area (Å²) in [4.78, 5) is 7.87. The van der Waals surface area contributed by atoms with Crippen molar-refractivity contribution in [3.05, 3.63) is 47.5 Å². The van der Waals surface area contributed by atoms with Crippen molar-refractivity contribution >= 4 is 0 Å². The van der Waals surface area contributed by atoms with Crippen LogP contribution in [0.1, 0.15) is 11.1 Å². The third-order valence-corrected chi connectivity index (χ3v) is 2.21. The van der Waals surface area contributed by atoms with Gasteiger partial charge in [0.2, 0.25) is 0 Å². The van der Waals surface area contributed by atoms with Gasteiger partial charge in [0.1, 0.15) is 0 Å². The standard InChI is InChI=1S/C12H12FN3O/c1-8-2-3-10(13)11(4-8)17-12-15-6-9(5-14)7-16-12/h2-4,6-7H,5,14H2,1H3. The number of aromatic nitrogens is 2. The third-order valence-electron chi connectivity index (χ3n) is 2.21. The van der Waals surface area contributed by atoms with Crippen molar-refractivity contribution in [2.24, 2.45) is 5.73 Å². The molecule has 2 aromatic rings. The summed E-state index contributed by atoms with van der Waals surface area (Å²) >= 11 is 0. The predicted molar refractivity (Wildman–Crippen MR) is 61.1 cm³/mol. The number of hydrogen-bond acceptors (Lipinski definition) is 4. The first-order valence-electron chi connectivity index (χ1n) is 5.14. The van der Waals surface area contributed by atoms with Crippen LogP contribution in [0.3, 0.4) is 0 Å². The molecular formula is C12H12FN3O. The molecule has 5 heteroatoms. The van der Waals surface area contributed by atoms with E-state index in [4.69, 9.17) is 10.5 Å². The lowest BCUT2D eigenvalue weighted by Gasteiger charge is -2.05. The highest BCUT2D eigenvalue weighted by Crippen LogP contribution is 2.22. The van der Waals surface area contributed by atoms with E-state index in [1.54, 1.807) is 24.5 Å². The summed E-state index contributed by atoms with van der Waals surface area (Å²) in [5.41, 5.74) is 7.11. The Hall–Kier alpha value is -2.01. The Morgan fingerprint density at radius 1 is 1.29 bits per heavy atom. The molecule has 2 rings (SSSR count). The van der Waals surface area contributed by atoms with Crippen LogP contribution in [0.2, 0.25) is 0 Å². The fourth-order valence-corrected chi connectivity index (χ4v) is 1.29. The van der Waals surface area contributed by atoms with Gasteiger partial charge in [-0.25, -0.2) is 14.4 Å². The van der Waals surface area contributed by atoms with Gasteiger partial charge in [0.15, 0.2) is 11.6 Å². The predicted octanol–water partition coefficient (Wildman–Crippen LogP) is 2.18. The summed E-state index contributed by atoms with van der Waals surface area (Å²) in [6, 6.07) is 4.71. The number of ether oxygens (including phenoxy) is 1. The molecule has 0 saturated carbocycles. The van der Waals surface area contributed by atoms with E-state index in [9.17, 15) is 4.39 Å². The number of rotatable bonds is 3. The van der Waals surface area contributed by atoms with E-state index in [0.29, 0.717) is 6.54 Å². The molecule has 0 bridgehead atoms. The quantitative estimate of drug-likeness (QED) is 0.882. The first kappa shape index (κ1) is 11.5. The Morgan fingerprint density at radius 2 is 2.00 bits per heavy atom. The van der Waals surface area contributed by atoms with E-state index in [2.05, 4.69) is 9.97 Å². The fraction of sp³-hybridized carbons (Fsp3) is 0.167. The summed E-state index contributed by atoms with van der Waals surface area (Å²) < 4.78 is 18.7. The van der Waals surface area contributed by atoms with Crippen LogP contribution in [0.5, 0.6) is 11.8 Å². The van der Waals surface area contributed by atoms with E-state index in [1.807, 2.05) is 6.92 Å². The Balaban J connectivity index is 2.22. The normalized spacial score (nSPS) is 10.3. The summed E-state index contributed by atoms with van der Waals surface area (Å²) in [7, 11) is 0. The second-order valence-corrected chi connectivity index (χ2v) is 3.61. The zero-order chi connectivity index (χ0) is 12.3. The van der Waals surface area contributed by atoms with Crippen molar-refractivity contribution in [2.45, 2.75) is 13.5 Å². The van der Waals surface area contributed by atoms with Crippen molar-refractivity contribution in [2.75, 3.05) is 0 Å². The van der Waals surface area contributed by atoms with Gasteiger partial charge in [0, 0.05) is 24.5 Å². The minimum Gasteiger partial charge on any atom is -0.421 e. The summed E-state index contributed by atoms with van der Waals surface area (Å²) in [5.74, 6) is -0.326. The zero-order valence-corrected chi connectivity index (χ0v) is 9.35. The molecule has 0 aliphatic heterocycles. The molecule has 0 amide bonds. The van der Waals surface area contributed by atoms with E-state index in [-0.39, 0.29) is 11.8 Å². The summed E-state index contributed by atoms with van der Waals surface area (Å²) in [6.07, 6.45) is 3.10. The highest BCUT2D eigenvalue weighted by atomic mass is 19.1. The van der Waals surface area contributed by atoms with Gasteiger partial charge >= 0.3 is 6.01 Å².